The van der Waals surface area contributed by atoms with E-state index < -0.39 is 0 Å². The molecule has 146 valence electrons. The van der Waals surface area contributed by atoms with Gasteiger partial charge in [-0.05, 0) is 80.4 Å². The second kappa shape index (κ2) is 6.23. The lowest BCUT2D eigenvalue weighted by Crippen LogP contribution is -2.60. The van der Waals surface area contributed by atoms with Crippen molar-refractivity contribution in [3.8, 4) is 0 Å². The Labute approximate surface area is 165 Å². The van der Waals surface area contributed by atoms with Crippen molar-refractivity contribution in [3.05, 3.63) is 59.4 Å². The van der Waals surface area contributed by atoms with Crippen LogP contribution in [0.15, 0.2) is 42.6 Å². The number of nitrogens with one attached hydrogen (secondary N) is 3. The van der Waals surface area contributed by atoms with Gasteiger partial charge in [-0.1, -0.05) is 29.8 Å². The summed E-state index contributed by atoms with van der Waals surface area (Å²) in [5, 5.41) is 0. The molecule has 5 nitrogen and oxygen atoms in total. The Morgan fingerprint density at radius 1 is 1.00 bits per heavy atom. The van der Waals surface area contributed by atoms with Crippen molar-refractivity contribution in [1.82, 2.24) is 15.8 Å². The molecule has 28 heavy (non-hydrogen) atoms. The van der Waals surface area contributed by atoms with Gasteiger partial charge in [-0.3, -0.25) is 20.4 Å². The fourth-order valence-electron chi connectivity index (χ4n) is 6.56. The molecule has 2 atom stereocenters. The van der Waals surface area contributed by atoms with Gasteiger partial charge < -0.3 is 4.98 Å². The Hall–Kier alpha value is -2.56. The number of rotatable bonds is 3. The number of carbonyl (C=O) groups excluding carboxylic acids is 2. The molecule has 4 fully saturated rings. The van der Waals surface area contributed by atoms with E-state index >= 15 is 0 Å². The number of carbonyl (C=O) groups is 2. The van der Waals surface area contributed by atoms with E-state index in [0.717, 1.165) is 19.3 Å². The summed E-state index contributed by atoms with van der Waals surface area (Å²) in [6.45, 7) is 2.12. The second-order valence-corrected chi connectivity index (χ2v) is 9.38. The van der Waals surface area contributed by atoms with Crippen LogP contribution in [-0.4, -0.2) is 16.8 Å². The number of aromatic amines is 1. The Morgan fingerprint density at radius 2 is 1.71 bits per heavy atom. The average Bonchev–Trinajstić information content (AvgIpc) is 3.20. The van der Waals surface area contributed by atoms with Gasteiger partial charge in [0.25, 0.3) is 5.91 Å². The van der Waals surface area contributed by atoms with Gasteiger partial charge in [0.15, 0.2) is 0 Å². The molecule has 2 aromatic rings. The first kappa shape index (κ1) is 17.5. The van der Waals surface area contributed by atoms with Crippen LogP contribution in [0.4, 0.5) is 0 Å². The SMILES string of the molecule is Cc1ccc(C23CC4CC(CC(C(=O)NNC(=O)c5ccc[nH]5)(C4)C2)C3)cc1. The molecule has 4 bridgehead atoms. The molecule has 0 saturated heterocycles. The van der Waals surface area contributed by atoms with Crippen LogP contribution in [0.5, 0.6) is 0 Å². The van der Waals surface area contributed by atoms with Crippen molar-refractivity contribution in [3.63, 3.8) is 0 Å². The summed E-state index contributed by atoms with van der Waals surface area (Å²) in [6, 6.07) is 12.4. The van der Waals surface area contributed by atoms with Gasteiger partial charge in [-0.25, -0.2) is 0 Å². The molecule has 4 aliphatic rings. The molecule has 5 heteroatoms. The van der Waals surface area contributed by atoms with E-state index in [1.165, 1.54) is 30.4 Å². The zero-order valence-electron chi connectivity index (χ0n) is 16.3. The molecule has 0 aliphatic heterocycles. The molecule has 3 N–H and O–H groups in total. The zero-order chi connectivity index (χ0) is 19.4. The first-order chi connectivity index (χ1) is 13.5. The molecule has 1 aromatic heterocycles. The van der Waals surface area contributed by atoms with Gasteiger partial charge in [-0.15, -0.1) is 0 Å². The summed E-state index contributed by atoms with van der Waals surface area (Å²) in [5.74, 6) is 0.883. The van der Waals surface area contributed by atoms with E-state index in [0.29, 0.717) is 17.5 Å². The van der Waals surface area contributed by atoms with Gasteiger partial charge in [0.2, 0.25) is 5.91 Å². The second-order valence-electron chi connectivity index (χ2n) is 9.38. The van der Waals surface area contributed by atoms with Crippen LogP contribution in [0, 0.1) is 24.2 Å². The molecule has 1 aromatic carbocycles. The highest BCUT2D eigenvalue weighted by Gasteiger charge is 2.61. The summed E-state index contributed by atoms with van der Waals surface area (Å²) in [5.41, 5.74) is 8.20. The van der Waals surface area contributed by atoms with Crippen LogP contribution in [0.2, 0.25) is 0 Å². The lowest BCUT2D eigenvalue weighted by atomic mass is 9.42. The predicted octanol–water partition coefficient (Wildman–Crippen LogP) is 3.62. The van der Waals surface area contributed by atoms with Crippen molar-refractivity contribution < 1.29 is 9.59 Å². The molecule has 4 aliphatic carbocycles. The van der Waals surface area contributed by atoms with Crippen LogP contribution in [0.1, 0.15) is 60.1 Å². The van der Waals surface area contributed by atoms with Gasteiger partial charge >= 0.3 is 0 Å². The van der Waals surface area contributed by atoms with Crippen molar-refractivity contribution in [1.29, 1.82) is 0 Å². The molecule has 0 radical (unpaired) electrons. The standard InChI is InChI=1S/C23H27N3O2/c1-15-4-6-18(7-5-15)22-10-16-9-17(11-22)13-23(12-16,14-22)21(28)26-25-20(27)19-3-2-8-24-19/h2-8,16-17,24H,9-14H2,1H3,(H,25,27)(H,26,28). The quantitative estimate of drug-likeness (QED) is 0.715. The number of amides is 2. The smallest absolute Gasteiger partial charge is 0.286 e. The molecular weight excluding hydrogens is 350 g/mol. The first-order valence-electron chi connectivity index (χ1n) is 10.3. The lowest BCUT2D eigenvalue weighted by Gasteiger charge is -2.61. The number of hydrazine groups is 1. The lowest BCUT2D eigenvalue weighted by molar-refractivity contribution is -0.149. The highest BCUT2D eigenvalue weighted by molar-refractivity contribution is 5.94. The third kappa shape index (κ3) is 2.76. The Bertz CT molecular complexity index is 886. The molecule has 0 spiro atoms. The van der Waals surface area contributed by atoms with E-state index in [1.807, 2.05) is 0 Å². The van der Waals surface area contributed by atoms with Crippen molar-refractivity contribution in [2.75, 3.05) is 0 Å². The normalized spacial score (nSPS) is 32.9. The number of H-pyrrole nitrogens is 1. The predicted molar refractivity (Wildman–Crippen MR) is 106 cm³/mol. The third-order valence-corrected chi connectivity index (χ3v) is 7.34. The fraction of sp³-hybridized carbons (Fsp3) is 0.478. The Morgan fingerprint density at radius 3 is 2.36 bits per heavy atom. The van der Waals surface area contributed by atoms with E-state index in [2.05, 4.69) is 47.0 Å². The zero-order valence-corrected chi connectivity index (χ0v) is 16.3. The highest BCUT2D eigenvalue weighted by atomic mass is 16.2. The largest absolute Gasteiger partial charge is 0.357 e. The maximum atomic E-state index is 13.3. The molecule has 6 rings (SSSR count). The molecule has 4 saturated carbocycles. The van der Waals surface area contributed by atoms with Gasteiger partial charge in [-0.2, -0.15) is 0 Å². The molecule has 1 heterocycles. The number of hydrogen-bond acceptors (Lipinski definition) is 2. The van der Waals surface area contributed by atoms with Crippen LogP contribution in [0.25, 0.3) is 0 Å². The summed E-state index contributed by atoms with van der Waals surface area (Å²) in [4.78, 5) is 28.3. The van der Waals surface area contributed by atoms with Gasteiger partial charge in [0.05, 0.1) is 5.41 Å². The summed E-state index contributed by atoms with van der Waals surface area (Å²) < 4.78 is 0. The van der Waals surface area contributed by atoms with E-state index in [-0.39, 0.29) is 22.6 Å². The van der Waals surface area contributed by atoms with Crippen molar-refractivity contribution in [2.24, 2.45) is 17.3 Å². The fourth-order valence-corrected chi connectivity index (χ4v) is 6.56. The number of aryl methyl sites for hydroxylation is 1. The topological polar surface area (TPSA) is 74.0 Å². The van der Waals surface area contributed by atoms with Crippen molar-refractivity contribution in [2.45, 2.75) is 50.9 Å². The van der Waals surface area contributed by atoms with Crippen molar-refractivity contribution >= 4 is 11.8 Å². The van der Waals surface area contributed by atoms with E-state index in [9.17, 15) is 9.59 Å². The maximum absolute atomic E-state index is 13.3. The van der Waals surface area contributed by atoms with E-state index in [1.54, 1.807) is 18.3 Å². The molecular formula is C23H27N3O2. The maximum Gasteiger partial charge on any atom is 0.286 e. The van der Waals surface area contributed by atoms with Gasteiger partial charge in [0.1, 0.15) is 5.69 Å². The first-order valence-corrected chi connectivity index (χ1v) is 10.3. The summed E-state index contributed by atoms with van der Waals surface area (Å²) in [7, 11) is 0. The third-order valence-electron chi connectivity index (χ3n) is 7.34. The number of hydrogen-bond donors (Lipinski definition) is 3. The number of benzene rings is 1. The highest BCUT2D eigenvalue weighted by Crippen LogP contribution is 2.65. The van der Waals surface area contributed by atoms with Crippen LogP contribution >= 0.6 is 0 Å². The summed E-state index contributed by atoms with van der Waals surface area (Å²) in [6.07, 6.45) is 8.11. The minimum Gasteiger partial charge on any atom is -0.357 e. The van der Waals surface area contributed by atoms with E-state index in [4.69, 9.17) is 0 Å². The average molecular weight is 377 g/mol. The Kier molecular flexibility index (Phi) is 3.90. The molecule has 2 amide bonds. The van der Waals surface area contributed by atoms with Crippen LogP contribution in [0.3, 0.4) is 0 Å². The van der Waals surface area contributed by atoms with Crippen LogP contribution in [-0.2, 0) is 10.2 Å². The van der Waals surface area contributed by atoms with Gasteiger partial charge in [0, 0.05) is 6.20 Å². The minimum atomic E-state index is -0.363. The van der Waals surface area contributed by atoms with Crippen LogP contribution < -0.4 is 10.9 Å². The summed E-state index contributed by atoms with van der Waals surface area (Å²) >= 11 is 0. The monoisotopic (exact) mass is 377 g/mol. The molecule has 2 unspecified atom stereocenters. The number of aromatic nitrogens is 1. The Balaban J connectivity index is 1.38. The minimum absolute atomic E-state index is 0.0157.